The maximum absolute atomic E-state index is 12.0. The highest BCUT2D eigenvalue weighted by atomic mass is 32.2. The van der Waals surface area contributed by atoms with E-state index >= 15 is 0 Å². The van der Waals surface area contributed by atoms with E-state index in [-0.39, 0.29) is 17.5 Å². The molecule has 2 rings (SSSR count). The second kappa shape index (κ2) is 3.62. The fourth-order valence-electron chi connectivity index (χ4n) is 1.46. The molecule has 1 saturated carbocycles. The molecule has 2 N–H and O–H groups in total. The molecule has 1 aromatic heterocycles. The second-order valence-corrected chi connectivity index (χ2v) is 5.77. The molecule has 1 heterocycles. The summed E-state index contributed by atoms with van der Waals surface area (Å²) in [5.74, 6) is 0. The van der Waals surface area contributed by atoms with Gasteiger partial charge in [-0.1, -0.05) is 0 Å². The van der Waals surface area contributed by atoms with Crippen LogP contribution in [0, 0.1) is 0 Å². The first-order valence-electron chi connectivity index (χ1n) is 4.82. The molecule has 0 unspecified atom stereocenters. The first kappa shape index (κ1) is 10.7. The van der Waals surface area contributed by atoms with E-state index in [1.165, 1.54) is 16.6 Å². The average Bonchev–Trinajstić information content (AvgIpc) is 2.93. The molecule has 1 aliphatic rings. The van der Waals surface area contributed by atoms with Crippen molar-refractivity contribution in [2.75, 3.05) is 7.05 Å². The van der Waals surface area contributed by atoms with Crippen LogP contribution >= 0.6 is 0 Å². The topological polar surface area (TPSA) is 73.4 Å². The lowest BCUT2D eigenvalue weighted by molar-refractivity contribution is 0.277. The predicted molar refractivity (Wildman–Crippen MR) is 54.7 cm³/mol. The lowest BCUT2D eigenvalue weighted by Crippen LogP contribution is -2.28. The Morgan fingerprint density at radius 2 is 2.27 bits per heavy atom. The predicted octanol–water partition coefficient (Wildman–Crippen LogP) is 0.290. The van der Waals surface area contributed by atoms with Crippen LogP contribution in [0.4, 0.5) is 0 Å². The standard InChI is InChI=1S/C9H14N2O3S/c1-11(8-2-3-8)15(13,14)9-4-7(6-12)10-5-9/h4-5,8,10,12H,2-3,6H2,1H3. The zero-order chi connectivity index (χ0) is 11.1. The van der Waals surface area contributed by atoms with E-state index in [9.17, 15) is 8.42 Å². The molecule has 0 saturated heterocycles. The molecule has 0 bridgehead atoms. The van der Waals surface area contributed by atoms with Gasteiger partial charge in [-0.05, 0) is 18.9 Å². The molecule has 0 radical (unpaired) electrons. The van der Waals surface area contributed by atoms with Crippen LogP contribution in [0.25, 0.3) is 0 Å². The molecular formula is C9H14N2O3S. The fraction of sp³-hybridized carbons (Fsp3) is 0.556. The summed E-state index contributed by atoms with van der Waals surface area (Å²) in [4.78, 5) is 2.94. The Morgan fingerprint density at radius 3 is 2.73 bits per heavy atom. The molecule has 0 aromatic carbocycles. The molecule has 15 heavy (non-hydrogen) atoms. The van der Waals surface area contributed by atoms with Crippen molar-refractivity contribution in [2.24, 2.45) is 0 Å². The summed E-state index contributed by atoms with van der Waals surface area (Å²) in [5.41, 5.74) is 0.512. The number of sulfonamides is 1. The molecule has 1 aliphatic carbocycles. The SMILES string of the molecule is CN(C1CC1)S(=O)(=O)c1c[nH]c(CO)c1. The average molecular weight is 230 g/mol. The van der Waals surface area contributed by atoms with E-state index in [0.717, 1.165) is 12.8 Å². The summed E-state index contributed by atoms with van der Waals surface area (Å²) >= 11 is 0. The van der Waals surface area contributed by atoms with Crippen LogP contribution in [0.15, 0.2) is 17.2 Å². The second-order valence-electron chi connectivity index (χ2n) is 3.77. The number of nitrogens with zero attached hydrogens (tertiary/aromatic N) is 1. The van der Waals surface area contributed by atoms with Gasteiger partial charge in [-0.15, -0.1) is 0 Å². The molecule has 84 valence electrons. The number of aromatic nitrogens is 1. The van der Waals surface area contributed by atoms with Gasteiger partial charge in [-0.2, -0.15) is 4.31 Å². The number of hydrogen-bond acceptors (Lipinski definition) is 3. The Kier molecular flexibility index (Phi) is 2.57. The van der Waals surface area contributed by atoms with Crippen molar-refractivity contribution in [3.63, 3.8) is 0 Å². The van der Waals surface area contributed by atoms with Gasteiger partial charge >= 0.3 is 0 Å². The number of aliphatic hydroxyl groups excluding tert-OH is 1. The van der Waals surface area contributed by atoms with Crippen molar-refractivity contribution < 1.29 is 13.5 Å². The number of hydrogen-bond donors (Lipinski definition) is 2. The molecule has 1 aromatic rings. The summed E-state index contributed by atoms with van der Waals surface area (Å²) in [7, 11) is -1.78. The van der Waals surface area contributed by atoms with Crippen LogP contribution < -0.4 is 0 Å². The number of aliphatic hydroxyl groups is 1. The lowest BCUT2D eigenvalue weighted by Gasteiger charge is -2.14. The highest BCUT2D eigenvalue weighted by molar-refractivity contribution is 7.89. The van der Waals surface area contributed by atoms with Crippen LogP contribution in [-0.4, -0.2) is 35.9 Å². The summed E-state index contributed by atoms with van der Waals surface area (Å²) in [6.45, 7) is -0.178. The molecule has 0 aliphatic heterocycles. The van der Waals surface area contributed by atoms with E-state index in [2.05, 4.69) is 4.98 Å². The monoisotopic (exact) mass is 230 g/mol. The Balaban J connectivity index is 2.27. The van der Waals surface area contributed by atoms with Gasteiger partial charge in [0.2, 0.25) is 10.0 Å². The van der Waals surface area contributed by atoms with Crippen molar-refractivity contribution in [2.45, 2.75) is 30.4 Å². The number of nitrogens with one attached hydrogen (secondary N) is 1. The van der Waals surface area contributed by atoms with Crippen LogP contribution in [0.3, 0.4) is 0 Å². The third-order valence-electron chi connectivity index (χ3n) is 2.62. The summed E-state index contributed by atoms with van der Waals surface area (Å²) in [5, 5.41) is 8.84. The van der Waals surface area contributed by atoms with E-state index < -0.39 is 10.0 Å². The lowest BCUT2D eigenvalue weighted by atomic mass is 10.5. The maximum Gasteiger partial charge on any atom is 0.244 e. The molecule has 0 atom stereocenters. The Morgan fingerprint density at radius 1 is 1.60 bits per heavy atom. The van der Waals surface area contributed by atoms with Crippen molar-refractivity contribution in [3.8, 4) is 0 Å². The third kappa shape index (κ3) is 1.92. The van der Waals surface area contributed by atoms with E-state index in [1.807, 2.05) is 0 Å². The normalized spacial score (nSPS) is 17.3. The van der Waals surface area contributed by atoms with Gasteiger partial charge in [-0.25, -0.2) is 8.42 Å². The number of H-pyrrole nitrogens is 1. The van der Waals surface area contributed by atoms with E-state index in [4.69, 9.17) is 5.11 Å². The Labute approximate surface area is 88.8 Å². The van der Waals surface area contributed by atoms with Crippen LogP contribution in [0.5, 0.6) is 0 Å². The van der Waals surface area contributed by atoms with Gasteiger partial charge < -0.3 is 10.1 Å². The summed E-state index contributed by atoms with van der Waals surface area (Å²) < 4.78 is 25.3. The molecule has 6 heteroatoms. The highest BCUT2D eigenvalue weighted by Crippen LogP contribution is 2.30. The maximum atomic E-state index is 12.0. The van der Waals surface area contributed by atoms with Crippen LogP contribution in [0.1, 0.15) is 18.5 Å². The zero-order valence-corrected chi connectivity index (χ0v) is 9.29. The van der Waals surface area contributed by atoms with E-state index in [1.54, 1.807) is 7.05 Å². The summed E-state index contributed by atoms with van der Waals surface area (Å²) in [6, 6.07) is 1.62. The fourth-order valence-corrected chi connectivity index (χ4v) is 2.89. The minimum atomic E-state index is -3.37. The minimum absolute atomic E-state index is 0.155. The van der Waals surface area contributed by atoms with Gasteiger partial charge in [0, 0.05) is 25.0 Å². The third-order valence-corrected chi connectivity index (χ3v) is 4.51. The van der Waals surface area contributed by atoms with Crippen molar-refractivity contribution >= 4 is 10.0 Å². The minimum Gasteiger partial charge on any atom is -0.390 e. The number of aromatic amines is 1. The van der Waals surface area contributed by atoms with Crippen LogP contribution in [-0.2, 0) is 16.6 Å². The van der Waals surface area contributed by atoms with Gasteiger partial charge in [0.1, 0.15) is 0 Å². The van der Waals surface area contributed by atoms with Gasteiger partial charge in [0.25, 0.3) is 0 Å². The van der Waals surface area contributed by atoms with Gasteiger partial charge in [0.05, 0.1) is 11.5 Å². The first-order chi connectivity index (χ1) is 7.05. The van der Waals surface area contributed by atoms with Crippen LogP contribution in [0.2, 0.25) is 0 Å². The largest absolute Gasteiger partial charge is 0.390 e. The molecular weight excluding hydrogens is 216 g/mol. The Bertz CT molecular complexity index is 448. The van der Waals surface area contributed by atoms with Gasteiger partial charge in [0.15, 0.2) is 0 Å². The smallest absolute Gasteiger partial charge is 0.244 e. The molecule has 1 fully saturated rings. The molecule has 5 nitrogen and oxygen atoms in total. The van der Waals surface area contributed by atoms with E-state index in [0.29, 0.717) is 5.69 Å². The zero-order valence-electron chi connectivity index (χ0n) is 8.47. The summed E-state index contributed by atoms with van der Waals surface area (Å²) in [6.07, 6.45) is 3.29. The van der Waals surface area contributed by atoms with Crippen molar-refractivity contribution in [1.82, 2.24) is 9.29 Å². The molecule has 0 amide bonds. The first-order valence-corrected chi connectivity index (χ1v) is 6.26. The number of rotatable bonds is 4. The Hall–Kier alpha value is -0.850. The molecule has 0 spiro atoms. The van der Waals surface area contributed by atoms with Crippen molar-refractivity contribution in [3.05, 3.63) is 18.0 Å². The van der Waals surface area contributed by atoms with Gasteiger partial charge in [-0.3, -0.25) is 0 Å². The van der Waals surface area contributed by atoms with Crippen molar-refractivity contribution in [1.29, 1.82) is 0 Å². The quantitative estimate of drug-likeness (QED) is 0.780. The highest BCUT2D eigenvalue weighted by Gasteiger charge is 2.35.